The Morgan fingerprint density at radius 3 is 2.50 bits per heavy atom. The van der Waals surface area contributed by atoms with E-state index in [1.807, 2.05) is 0 Å². The van der Waals surface area contributed by atoms with E-state index in [-0.39, 0.29) is 5.41 Å². The van der Waals surface area contributed by atoms with Crippen molar-refractivity contribution < 1.29 is 0 Å². The fraction of sp³-hybridized carbons (Fsp3) is 0.381. The third-order valence-electron chi connectivity index (χ3n) is 4.50. The molecule has 1 atom stereocenters. The molecule has 0 heterocycles. The molecular formula is C21H25N. The third-order valence-corrected chi connectivity index (χ3v) is 4.50. The maximum Gasteiger partial charge on any atom is 0.0633 e. The monoisotopic (exact) mass is 291 g/mol. The lowest BCUT2D eigenvalue weighted by Crippen LogP contribution is -2.17. The Balaban J connectivity index is 1.89. The topological polar surface area (TPSA) is 12.4 Å². The molecule has 2 aliphatic carbocycles. The molecule has 0 bridgehead atoms. The van der Waals surface area contributed by atoms with E-state index in [4.69, 9.17) is 4.99 Å². The summed E-state index contributed by atoms with van der Waals surface area (Å²) in [5.74, 6) is 0.538. The smallest absolute Gasteiger partial charge is 0.0633 e. The van der Waals surface area contributed by atoms with Crippen LogP contribution in [-0.2, 0) is 5.41 Å². The molecule has 0 radical (unpaired) electrons. The Kier molecular flexibility index (Phi) is 4.15. The van der Waals surface area contributed by atoms with Crippen LogP contribution in [0.25, 0.3) is 0 Å². The van der Waals surface area contributed by atoms with Gasteiger partial charge in [0.15, 0.2) is 0 Å². The average Bonchev–Trinajstić information content (AvgIpc) is 2.73. The van der Waals surface area contributed by atoms with Crippen LogP contribution >= 0.6 is 0 Å². The van der Waals surface area contributed by atoms with Crippen LogP contribution in [0.1, 0.15) is 45.6 Å². The molecule has 0 N–H and O–H groups in total. The number of rotatable bonds is 1. The van der Waals surface area contributed by atoms with Crippen molar-refractivity contribution >= 4 is 11.4 Å². The second kappa shape index (κ2) is 6.08. The minimum atomic E-state index is 0.195. The molecule has 3 rings (SSSR count). The molecule has 22 heavy (non-hydrogen) atoms. The lowest BCUT2D eigenvalue weighted by atomic mass is 9.82. The first-order valence-electron chi connectivity index (χ1n) is 8.27. The number of hydrogen-bond donors (Lipinski definition) is 0. The zero-order valence-corrected chi connectivity index (χ0v) is 13.8. The summed E-state index contributed by atoms with van der Waals surface area (Å²) in [5.41, 5.74) is 5.28. The summed E-state index contributed by atoms with van der Waals surface area (Å²) in [6.07, 6.45) is 14.5. The molecule has 1 heteroatoms. The van der Waals surface area contributed by atoms with Gasteiger partial charge >= 0.3 is 0 Å². The highest BCUT2D eigenvalue weighted by Gasteiger charge is 2.22. The molecule has 0 aliphatic heterocycles. The van der Waals surface area contributed by atoms with Gasteiger partial charge in [0.1, 0.15) is 0 Å². The second-order valence-corrected chi connectivity index (χ2v) is 7.25. The van der Waals surface area contributed by atoms with Crippen molar-refractivity contribution in [3.63, 3.8) is 0 Å². The highest BCUT2D eigenvalue weighted by atomic mass is 14.8. The van der Waals surface area contributed by atoms with Crippen LogP contribution in [0.4, 0.5) is 5.69 Å². The maximum atomic E-state index is 4.95. The Morgan fingerprint density at radius 2 is 1.77 bits per heavy atom. The molecule has 1 saturated carbocycles. The lowest BCUT2D eigenvalue weighted by Gasteiger charge is -2.24. The summed E-state index contributed by atoms with van der Waals surface area (Å²) >= 11 is 0. The minimum Gasteiger partial charge on any atom is -0.253 e. The molecule has 0 aromatic heterocycles. The van der Waals surface area contributed by atoms with Crippen molar-refractivity contribution in [3.05, 3.63) is 65.8 Å². The molecule has 0 spiro atoms. The predicted octanol–water partition coefficient (Wildman–Crippen LogP) is 5.91. The van der Waals surface area contributed by atoms with Gasteiger partial charge in [0.05, 0.1) is 5.69 Å². The standard InChI is InChI=1S/C21H25N/c1-21(2,3)17-12-14-18(15-13-17)22-20-11-7-9-16-8-5-4-6-10-19(16)20/h4-6,8,10,12-16H,7,9,11H2,1-3H3. The van der Waals surface area contributed by atoms with Crippen molar-refractivity contribution in [3.8, 4) is 0 Å². The van der Waals surface area contributed by atoms with Gasteiger partial charge in [-0.2, -0.15) is 0 Å². The first-order chi connectivity index (χ1) is 10.5. The third kappa shape index (κ3) is 3.30. The highest BCUT2D eigenvalue weighted by molar-refractivity contribution is 6.03. The summed E-state index contributed by atoms with van der Waals surface area (Å²) < 4.78 is 0. The van der Waals surface area contributed by atoms with Gasteiger partial charge in [-0.1, -0.05) is 63.3 Å². The number of aliphatic imine (C=N–C) groups is 1. The van der Waals surface area contributed by atoms with Crippen molar-refractivity contribution in [2.75, 3.05) is 0 Å². The number of nitrogens with zero attached hydrogens (tertiary/aromatic N) is 1. The molecule has 1 unspecified atom stereocenters. The van der Waals surface area contributed by atoms with E-state index in [2.05, 4.69) is 75.4 Å². The van der Waals surface area contributed by atoms with E-state index >= 15 is 0 Å². The average molecular weight is 291 g/mol. The first-order valence-corrected chi connectivity index (χ1v) is 8.27. The molecule has 1 fully saturated rings. The lowest BCUT2D eigenvalue weighted by molar-refractivity contribution is 0.590. The largest absolute Gasteiger partial charge is 0.253 e. The SMILES string of the molecule is CC(C)(C)c1ccc(N=C2CCCC3C=CC=CC=C23)cc1. The van der Waals surface area contributed by atoms with Gasteiger partial charge < -0.3 is 0 Å². The van der Waals surface area contributed by atoms with Crippen LogP contribution in [0.2, 0.25) is 0 Å². The van der Waals surface area contributed by atoms with Crippen LogP contribution in [0.5, 0.6) is 0 Å². The van der Waals surface area contributed by atoms with Crippen LogP contribution in [0.15, 0.2) is 65.2 Å². The van der Waals surface area contributed by atoms with Crippen molar-refractivity contribution in [1.82, 2.24) is 0 Å². The zero-order valence-electron chi connectivity index (χ0n) is 13.8. The molecule has 2 aliphatic rings. The van der Waals surface area contributed by atoms with Crippen molar-refractivity contribution in [1.29, 1.82) is 0 Å². The molecule has 114 valence electrons. The highest BCUT2D eigenvalue weighted by Crippen LogP contribution is 2.32. The van der Waals surface area contributed by atoms with Gasteiger partial charge in [-0.25, -0.2) is 0 Å². The second-order valence-electron chi connectivity index (χ2n) is 7.25. The summed E-state index contributed by atoms with van der Waals surface area (Å²) in [6, 6.07) is 8.72. The van der Waals surface area contributed by atoms with Crippen LogP contribution in [0.3, 0.4) is 0 Å². The Hall–Kier alpha value is -1.89. The van der Waals surface area contributed by atoms with E-state index in [9.17, 15) is 0 Å². The van der Waals surface area contributed by atoms with Gasteiger partial charge in [0.2, 0.25) is 0 Å². The van der Waals surface area contributed by atoms with Gasteiger partial charge in [-0.3, -0.25) is 4.99 Å². The van der Waals surface area contributed by atoms with E-state index in [0.717, 1.165) is 12.1 Å². The number of fused-ring (bicyclic) bond motifs is 1. The number of benzene rings is 1. The predicted molar refractivity (Wildman–Crippen MR) is 95.9 cm³/mol. The molecule has 1 aromatic carbocycles. The van der Waals surface area contributed by atoms with E-state index in [1.54, 1.807) is 0 Å². The Bertz CT molecular complexity index is 648. The fourth-order valence-corrected chi connectivity index (χ4v) is 3.16. The molecule has 0 amide bonds. The van der Waals surface area contributed by atoms with Crippen molar-refractivity contribution in [2.24, 2.45) is 10.9 Å². The number of hydrogen-bond acceptors (Lipinski definition) is 1. The first kappa shape index (κ1) is 15.0. The van der Waals surface area contributed by atoms with E-state index in [1.165, 1.54) is 29.7 Å². The van der Waals surface area contributed by atoms with Crippen LogP contribution in [-0.4, -0.2) is 5.71 Å². The quantitative estimate of drug-likeness (QED) is 0.610. The Morgan fingerprint density at radius 1 is 1.00 bits per heavy atom. The summed E-state index contributed by atoms with van der Waals surface area (Å²) in [5, 5.41) is 0. The summed E-state index contributed by atoms with van der Waals surface area (Å²) in [4.78, 5) is 4.95. The minimum absolute atomic E-state index is 0.195. The fourth-order valence-electron chi connectivity index (χ4n) is 3.16. The van der Waals surface area contributed by atoms with Gasteiger partial charge in [-0.05, 0) is 47.9 Å². The maximum absolute atomic E-state index is 4.95. The number of allylic oxidation sites excluding steroid dienone is 6. The zero-order chi connectivity index (χ0) is 15.6. The van der Waals surface area contributed by atoms with Crippen LogP contribution in [0, 0.1) is 5.92 Å². The van der Waals surface area contributed by atoms with Crippen LogP contribution < -0.4 is 0 Å². The van der Waals surface area contributed by atoms with Gasteiger partial charge in [0.25, 0.3) is 0 Å². The Labute approximate surface area is 134 Å². The molecule has 1 nitrogen and oxygen atoms in total. The molecule has 0 saturated heterocycles. The normalized spacial score (nSPS) is 23.1. The summed E-state index contributed by atoms with van der Waals surface area (Å²) in [7, 11) is 0. The molecular weight excluding hydrogens is 266 g/mol. The van der Waals surface area contributed by atoms with E-state index < -0.39 is 0 Å². The van der Waals surface area contributed by atoms with E-state index in [0.29, 0.717) is 5.92 Å². The molecule has 1 aromatic rings. The van der Waals surface area contributed by atoms with Crippen molar-refractivity contribution in [2.45, 2.75) is 45.4 Å². The van der Waals surface area contributed by atoms with Gasteiger partial charge in [-0.15, -0.1) is 0 Å². The van der Waals surface area contributed by atoms with Gasteiger partial charge in [0, 0.05) is 11.6 Å². The summed E-state index contributed by atoms with van der Waals surface area (Å²) in [6.45, 7) is 6.73.